The van der Waals surface area contributed by atoms with Crippen molar-refractivity contribution in [3.63, 3.8) is 0 Å². The molecule has 1 saturated heterocycles. The molecule has 0 unspecified atom stereocenters. The number of pyridine rings is 1. The molecular formula is C18H18ClF4N3O. The largest absolute Gasteiger partial charge is 0.417 e. The fraction of sp³-hybridized carbons (Fsp3) is 0.389. The molecule has 0 aliphatic carbocycles. The van der Waals surface area contributed by atoms with Gasteiger partial charge in [-0.3, -0.25) is 4.90 Å². The Bertz CT molecular complexity index is 764. The molecule has 1 aliphatic heterocycles. The second-order valence-corrected chi connectivity index (χ2v) is 6.56. The third-order valence-corrected chi connectivity index (χ3v) is 4.66. The summed E-state index contributed by atoms with van der Waals surface area (Å²) in [7, 11) is 0. The Labute approximate surface area is 159 Å². The van der Waals surface area contributed by atoms with Crippen LogP contribution in [0.2, 0.25) is 5.02 Å². The van der Waals surface area contributed by atoms with Crippen molar-refractivity contribution in [2.75, 3.05) is 38.2 Å². The highest BCUT2D eigenvalue weighted by molar-refractivity contribution is 6.32. The molecule has 27 heavy (non-hydrogen) atoms. The molecule has 4 nitrogen and oxygen atoms in total. The molecule has 0 spiro atoms. The smallest absolute Gasteiger partial charge is 0.379 e. The van der Waals surface area contributed by atoms with Gasteiger partial charge in [-0.2, -0.15) is 13.2 Å². The van der Waals surface area contributed by atoms with E-state index in [9.17, 15) is 17.6 Å². The Morgan fingerprint density at radius 3 is 2.44 bits per heavy atom. The van der Waals surface area contributed by atoms with Gasteiger partial charge in [0.1, 0.15) is 11.6 Å². The number of nitrogens with one attached hydrogen (secondary N) is 1. The van der Waals surface area contributed by atoms with E-state index in [2.05, 4.69) is 15.2 Å². The minimum Gasteiger partial charge on any atom is -0.379 e. The van der Waals surface area contributed by atoms with Crippen LogP contribution in [-0.4, -0.2) is 42.7 Å². The lowest BCUT2D eigenvalue weighted by atomic mass is 10.0. The van der Waals surface area contributed by atoms with Gasteiger partial charge < -0.3 is 10.1 Å². The highest BCUT2D eigenvalue weighted by atomic mass is 35.5. The molecule has 0 saturated carbocycles. The summed E-state index contributed by atoms with van der Waals surface area (Å²) in [5.74, 6) is -0.162. The molecule has 3 rings (SSSR count). The Kier molecular flexibility index (Phi) is 6.18. The Balaban J connectivity index is 1.77. The van der Waals surface area contributed by atoms with Crippen LogP contribution in [0.25, 0.3) is 0 Å². The van der Waals surface area contributed by atoms with E-state index < -0.39 is 11.7 Å². The van der Waals surface area contributed by atoms with Crippen molar-refractivity contribution < 1.29 is 22.3 Å². The maximum absolute atomic E-state index is 13.3. The van der Waals surface area contributed by atoms with Crippen molar-refractivity contribution in [2.45, 2.75) is 12.2 Å². The van der Waals surface area contributed by atoms with Gasteiger partial charge in [-0.25, -0.2) is 9.37 Å². The van der Waals surface area contributed by atoms with Crippen molar-refractivity contribution in [1.29, 1.82) is 0 Å². The number of anilines is 1. The van der Waals surface area contributed by atoms with Gasteiger partial charge in [-0.1, -0.05) is 23.7 Å². The fourth-order valence-corrected chi connectivity index (χ4v) is 3.18. The standard InChI is InChI=1S/C18H18ClF4N3O/c19-15-9-13(18(21,22)23)10-24-17(15)25-11-16(26-5-7-27-8-6-26)12-1-3-14(20)4-2-12/h1-4,9-10,16H,5-8,11H2,(H,24,25)/t16-/m0/s1. The van der Waals surface area contributed by atoms with Gasteiger partial charge in [0.15, 0.2) is 0 Å². The van der Waals surface area contributed by atoms with Crippen LogP contribution < -0.4 is 5.32 Å². The fourth-order valence-electron chi connectivity index (χ4n) is 2.95. The molecule has 1 aliphatic rings. The molecule has 1 N–H and O–H groups in total. The molecule has 0 amide bonds. The van der Waals surface area contributed by atoms with Crippen LogP contribution in [0.15, 0.2) is 36.5 Å². The first-order valence-corrected chi connectivity index (χ1v) is 8.76. The zero-order valence-electron chi connectivity index (χ0n) is 14.3. The SMILES string of the molecule is Fc1ccc([C@H](CNc2ncc(C(F)(F)F)cc2Cl)N2CCOCC2)cc1. The lowest BCUT2D eigenvalue weighted by molar-refractivity contribution is -0.137. The van der Waals surface area contributed by atoms with Crippen molar-refractivity contribution in [3.05, 3.63) is 58.5 Å². The van der Waals surface area contributed by atoms with Crippen LogP contribution in [0.4, 0.5) is 23.4 Å². The Hall–Kier alpha value is -1.90. The zero-order chi connectivity index (χ0) is 19.4. The highest BCUT2D eigenvalue weighted by Gasteiger charge is 2.31. The molecule has 0 radical (unpaired) electrons. The number of hydrogen-bond acceptors (Lipinski definition) is 4. The topological polar surface area (TPSA) is 37.4 Å². The van der Waals surface area contributed by atoms with Crippen LogP contribution in [0.5, 0.6) is 0 Å². The first-order valence-electron chi connectivity index (χ1n) is 8.38. The average molecular weight is 404 g/mol. The molecule has 1 aromatic carbocycles. The molecule has 2 aromatic rings. The normalized spacial score (nSPS) is 16.9. The number of nitrogens with zero attached hydrogens (tertiary/aromatic N) is 2. The summed E-state index contributed by atoms with van der Waals surface area (Å²) in [5.41, 5.74) is -0.0184. The zero-order valence-corrected chi connectivity index (χ0v) is 15.0. The molecule has 1 fully saturated rings. The van der Waals surface area contributed by atoms with Crippen LogP contribution in [0, 0.1) is 5.82 Å². The van der Waals surface area contributed by atoms with Gasteiger partial charge in [0, 0.05) is 25.8 Å². The van der Waals surface area contributed by atoms with Gasteiger partial charge >= 0.3 is 6.18 Å². The highest BCUT2D eigenvalue weighted by Crippen LogP contribution is 2.32. The first kappa shape index (κ1) is 19.9. The summed E-state index contributed by atoms with van der Waals surface area (Å²) in [6, 6.07) is 6.86. The number of halogens is 5. The van der Waals surface area contributed by atoms with Gasteiger partial charge in [-0.15, -0.1) is 0 Å². The van der Waals surface area contributed by atoms with E-state index in [1.165, 1.54) is 12.1 Å². The van der Waals surface area contributed by atoms with E-state index in [4.69, 9.17) is 16.3 Å². The lowest BCUT2D eigenvalue weighted by Gasteiger charge is -2.35. The minimum atomic E-state index is -4.50. The molecule has 146 valence electrons. The van der Waals surface area contributed by atoms with Gasteiger partial charge in [-0.05, 0) is 23.8 Å². The number of rotatable bonds is 5. The molecular weight excluding hydrogens is 386 g/mol. The quantitative estimate of drug-likeness (QED) is 0.752. The third kappa shape index (κ3) is 5.09. The number of morpholine rings is 1. The third-order valence-electron chi connectivity index (χ3n) is 4.37. The van der Waals surface area contributed by atoms with E-state index in [-0.39, 0.29) is 22.7 Å². The first-order chi connectivity index (χ1) is 12.8. The predicted octanol–water partition coefficient (Wildman–Crippen LogP) is 4.38. The maximum Gasteiger partial charge on any atom is 0.417 e. The van der Waals surface area contributed by atoms with E-state index >= 15 is 0 Å². The summed E-state index contributed by atoms with van der Waals surface area (Å²) >= 11 is 5.96. The van der Waals surface area contributed by atoms with Gasteiger partial charge in [0.2, 0.25) is 0 Å². The predicted molar refractivity (Wildman–Crippen MR) is 94.3 cm³/mol. The summed E-state index contributed by atoms with van der Waals surface area (Å²) < 4.78 is 56.9. The minimum absolute atomic E-state index is 0.107. The van der Waals surface area contributed by atoms with E-state index in [0.717, 1.165) is 17.8 Å². The van der Waals surface area contributed by atoms with E-state index in [0.29, 0.717) is 32.8 Å². The monoisotopic (exact) mass is 403 g/mol. The van der Waals surface area contributed by atoms with Crippen LogP contribution in [0.1, 0.15) is 17.2 Å². The molecule has 0 bridgehead atoms. The van der Waals surface area contributed by atoms with E-state index in [1.54, 1.807) is 12.1 Å². The molecule has 1 aromatic heterocycles. The maximum atomic E-state index is 13.3. The number of aromatic nitrogens is 1. The average Bonchev–Trinajstić information content (AvgIpc) is 2.64. The number of hydrogen-bond donors (Lipinski definition) is 1. The van der Waals surface area contributed by atoms with Crippen molar-refractivity contribution in [3.8, 4) is 0 Å². The number of alkyl halides is 3. The Morgan fingerprint density at radius 1 is 1.19 bits per heavy atom. The van der Waals surface area contributed by atoms with Crippen molar-refractivity contribution in [1.82, 2.24) is 9.88 Å². The Morgan fingerprint density at radius 2 is 1.85 bits per heavy atom. The second kappa shape index (κ2) is 8.41. The van der Waals surface area contributed by atoms with E-state index in [1.807, 2.05) is 0 Å². The summed E-state index contributed by atoms with van der Waals surface area (Å²) in [6.07, 6.45) is -3.75. The van der Waals surface area contributed by atoms with Gasteiger partial charge in [0.25, 0.3) is 0 Å². The number of benzene rings is 1. The summed E-state index contributed by atoms with van der Waals surface area (Å²) in [5, 5.41) is 2.91. The molecule has 9 heteroatoms. The van der Waals surface area contributed by atoms with Crippen molar-refractivity contribution >= 4 is 17.4 Å². The van der Waals surface area contributed by atoms with Crippen molar-refractivity contribution in [2.24, 2.45) is 0 Å². The summed E-state index contributed by atoms with van der Waals surface area (Å²) in [4.78, 5) is 5.97. The number of ether oxygens (including phenoxy) is 1. The van der Waals surface area contributed by atoms with Crippen LogP contribution in [-0.2, 0) is 10.9 Å². The second-order valence-electron chi connectivity index (χ2n) is 6.15. The van der Waals surface area contributed by atoms with Crippen LogP contribution >= 0.6 is 11.6 Å². The van der Waals surface area contributed by atoms with Crippen LogP contribution in [0.3, 0.4) is 0 Å². The lowest BCUT2D eigenvalue weighted by Crippen LogP contribution is -2.41. The van der Waals surface area contributed by atoms with Gasteiger partial charge in [0.05, 0.1) is 29.8 Å². The molecule has 1 atom stereocenters. The molecule has 2 heterocycles. The summed E-state index contributed by atoms with van der Waals surface area (Å²) in [6.45, 7) is 2.90.